The number of carbonyl (C=O) groups is 1. The van der Waals surface area contributed by atoms with E-state index in [4.69, 9.17) is 14.0 Å². The molecule has 31 heavy (non-hydrogen) atoms. The molecule has 3 heterocycles. The van der Waals surface area contributed by atoms with E-state index in [1.807, 2.05) is 4.90 Å². The molecule has 0 spiro atoms. The van der Waals surface area contributed by atoms with E-state index >= 15 is 4.39 Å². The van der Waals surface area contributed by atoms with Crippen LogP contribution >= 0.6 is 0 Å². The van der Waals surface area contributed by atoms with E-state index in [1.54, 1.807) is 25.1 Å². The van der Waals surface area contributed by atoms with E-state index in [0.717, 1.165) is 0 Å². The van der Waals surface area contributed by atoms with Crippen LogP contribution in [-0.4, -0.2) is 35.3 Å². The number of hydrogen-bond acceptors (Lipinski definition) is 7. The molecule has 1 atom stereocenters. The third-order valence-corrected chi connectivity index (χ3v) is 5.23. The minimum Gasteiger partial charge on any atom is -0.489 e. The quantitative estimate of drug-likeness (QED) is 0.683. The predicted molar refractivity (Wildman–Crippen MR) is 105 cm³/mol. The van der Waals surface area contributed by atoms with E-state index in [2.05, 4.69) is 15.5 Å². The van der Waals surface area contributed by atoms with Gasteiger partial charge in [0.15, 0.2) is 18.2 Å². The molecule has 1 unspecified atom stereocenters. The summed E-state index contributed by atoms with van der Waals surface area (Å²) in [6.45, 7) is 1.94. The van der Waals surface area contributed by atoms with Crippen LogP contribution in [0.25, 0.3) is 0 Å². The molecule has 0 bridgehead atoms. The van der Waals surface area contributed by atoms with Crippen LogP contribution in [0.15, 0.2) is 34.9 Å². The number of fused-ring (bicyclic) bond motifs is 2. The highest BCUT2D eigenvalue weighted by molar-refractivity contribution is 5.95. The van der Waals surface area contributed by atoms with Gasteiger partial charge < -0.3 is 24.2 Å². The summed E-state index contributed by atoms with van der Waals surface area (Å²) in [5, 5.41) is 6.33. The number of rotatable bonds is 4. The molecule has 2 aromatic carbocycles. The number of ether oxygens (including phenoxy) is 2. The maximum absolute atomic E-state index is 15.2. The lowest BCUT2D eigenvalue weighted by Crippen LogP contribution is -2.44. The Morgan fingerprint density at radius 1 is 1.19 bits per heavy atom. The number of aryl methyl sites for hydroxylation is 1. The normalized spacial score (nSPS) is 17.3. The van der Waals surface area contributed by atoms with Gasteiger partial charge in [0.1, 0.15) is 29.6 Å². The summed E-state index contributed by atoms with van der Waals surface area (Å²) >= 11 is 0. The van der Waals surface area contributed by atoms with Gasteiger partial charge in [0.2, 0.25) is 5.89 Å². The van der Waals surface area contributed by atoms with Crippen LogP contribution in [-0.2, 0) is 17.8 Å². The fourth-order valence-electron chi connectivity index (χ4n) is 3.78. The van der Waals surface area contributed by atoms with Crippen LogP contribution in [0.1, 0.15) is 17.3 Å². The topological polar surface area (TPSA) is 89.7 Å². The maximum Gasteiger partial charge on any atom is 0.262 e. The average Bonchev–Trinajstić information content (AvgIpc) is 3.16. The molecule has 5 rings (SSSR count). The van der Waals surface area contributed by atoms with Crippen molar-refractivity contribution in [2.45, 2.75) is 25.9 Å². The molecule has 2 aliphatic heterocycles. The second-order valence-electron chi connectivity index (χ2n) is 7.39. The van der Waals surface area contributed by atoms with Crippen molar-refractivity contribution in [3.8, 4) is 11.5 Å². The first-order valence-corrected chi connectivity index (χ1v) is 9.70. The summed E-state index contributed by atoms with van der Waals surface area (Å²) in [7, 11) is 0. The molecule has 1 amide bonds. The molecule has 0 aliphatic carbocycles. The van der Waals surface area contributed by atoms with Gasteiger partial charge in [-0.25, -0.2) is 8.78 Å². The van der Waals surface area contributed by atoms with E-state index in [0.29, 0.717) is 35.1 Å². The summed E-state index contributed by atoms with van der Waals surface area (Å²) in [6, 6.07) is 7.18. The summed E-state index contributed by atoms with van der Waals surface area (Å²) in [5.41, 5.74) is 0.977. The van der Waals surface area contributed by atoms with Gasteiger partial charge in [-0.1, -0.05) is 11.2 Å². The Labute approximate surface area is 175 Å². The van der Waals surface area contributed by atoms with E-state index in [1.165, 1.54) is 12.1 Å². The Morgan fingerprint density at radius 2 is 2.06 bits per heavy atom. The van der Waals surface area contributed by atoms with E-state index in [-0.39, 0.29) is 37.2 Å². The number of amides is 1. The largest absolute Gasteiger partial charge is 0.489 e. The number of benzene rings is 2. The van der Waals surface area contributed by atoms with Gasteiger partial charge in [0, 0.05) is 18.2 Å². The van der Waals surface area contributed by atoms with Crippen LogP contribution in [0.3, 0.4) is 0 Å². The standard InChI is InChI=1S/C21H18F2N4O4/c1-11-24-19(31-26-11)7-14-9-29-17-6-13(22)3-4-15(17)27(14)8-12-2-5-16-21(20(12)23)25-18(28)10-30-16/h2-6,14H,7-10H2,1H3,(H,25,28). The third-order valence-electron chi connectivity index (χ3n) is 5.23. The van der Waals surface area contributed by atoms with Crippen molar-refractivity contribution in [1.82, 2.24) is 10.1 Å². The molecular weight excluding hydrogens is 410 g/mol. The molecule has 3 aromatic rings. The molecule has 0 fully saturated rings. The highest BCUT2D eigenvalue weighted by Gasteiger charge is 2.31. The van der Waals surface area contributed by atoms with Crippen LogP contribution in [0.4, 0.5) is 20.2 Å². The molecule has 0 radical (unpaired) electrons. The van der Waals surface area contributed by atoms with Gasteiger partial charge in [-0.3, -0.25) is 4.79 Å². The number of halogens is 2. The van der Waals surface area contributed by atoms with Crippen molar-refractivity contribution < 1.29 is 27.6 Å². The first-order valence-electron chi connectivity index (χ1n) is 9.70. The molecule has 0 saturated heterocycles. The lowest BCUT2D eigenvalue weighted by atomic mass is 10.1. The van der Waals surface area contributed by atoms with Gasteiger partial charge in [-0.15, -0.1) is 0 Å². The molecule has 160 valence electrons. The number of nitrogens with one attached hydrogen (secondary N) is 1. The lowest BCUT2D eigenvalue weighted by Gasteiger charge is -2.38. The van der Waals surface area contributed by atoms with Gasteiger partial charge in [0.25, 0.3) is 5.91 Å². The van der Waals surface area contributed by atoms with E-state index in [9.17, 15) is 9.18 Å². The van der Waals surface area contributed by atoms with Gasteiger partial charge in [0.05, 0.1) is 18.2 Å². The molecule has 0 saturated carbocycles. The zero-order valence-electron chi connectivity index (χ0n) is 16.5. The van der Waals surface area contributed by atoms with Crippen molar-refractivity contribution in [3.63, 3.8) is 0 Å². The Morgan fingerprint density at radius 3 is 2.87 bits per heavy atom. The monoisotopic (exact) mass is 428 g/mol. The van der Waals surface area contributed by atoms with Crippen LogP contribution in [0, 0.1) is 18.6 Å². The SMILES string of the molecule is Cc1noc(CC2COc3cc(F)ccc3N2Cc2ccc3c(c2F)NC(=O)CO3)n1. The molecule has 2 aliphatic rings. The number of anilines is 2. The van der Waals surface area contributed by atoms with Crippen molar-refractivity contribution >= 4 is 17.3 Å². The van der Waals surface area contributed by atoms with Gasteiger partial charge >= 0.3 is 0 Å². The number of nitrogens with zero attached hydrogens (tertiary/aromatic N) is 3. The summed E-state index contributed by atoms with van der Waals surface area (Å²) in [4.78, 5) is 17.8. The summed E-state index contributed by atoms with van der Waals surface area (Å²) in [5.74, 6) is 0.166. The summed E-state index contributed by atoms with van der Waals surface area (Å²) in [6.07, 6.45) is 0.365. The van der Waals surface area contributed by atoms with Gasteiger partial charge in [-0.2, -0.15) is 4.98 Å². The molecule has 10 heteroatoms. The smallest absolute Gasteiger partial charge is 0.262 e. The fraction of sp³-hybridized carbons (Fsp3) is 0.286. The second-order valence-corrected chi connectivity index (χ2v) is 7.39. The highest BCUT2D eigenvalue weighted by Crippen LogP contribution is 2.38. The Bertz CT molecular complexity index is 1170. The summed E-state index contributed by atoms with van der Waals surface area (Å²) < 4.78 is 45.2. The Hall–Kier alpha value is -3.69. The van der Waals surface area contributed by atoms with Crippen LogP contribution in [0.5, 0.6) is 11.5 Å². The molecule has 1 aromatic heterocycles. The van der Waals surface area contributed by atoms with E-state index < -0.39 is 17.5 Å². The number of carbonyl (C=O) groups excluding carboxylic acids is 1. The van der Waals surface area contributed by atoms with Gasteiger partial charge in [-0.05, 0) is 25.1 Å². The zero-order chi connectivity index (χ0) is 21.5. The minimum atomic E-state index is -0.576. The lowest BCUT2D eigenvalue weighted by molar-refractivity contribution is -0.118. The predicted octanol–water partition coefficient (Wildman–Crippen LogP) is 3.00. The molecule has 1 N–H and O–H groups in total. The Balaban J connectivity index is 1.50. The second kappa shape index (κ2) is 7.53. The molecule has 8 nitrogen and oxygen atoms in total. The first kappa shape index (κ1) is 19.3. The minimum absolute atomic E-state index is 0.0189. The average molecular weight is 428 g/mol. The number of aromatic nitrogens is 2. The third kappa shape index (κ3) is 3.65. The van der Waals surface area contributed by atoms with Crippen molar-refractivity contribution in [1.29, 1.82) is 0 Å². The number of hydrogen-bond donors (Lipinski definition) is 1. The highest BCUT2D eigenvalue weighted by atomic mass is 19.1. The van der Waals surface area contributed by atoms with Crippen molar-refractivity contribution in [2.24, 2.45) is 0 Å². The first-order chi connectivity index (χ1) is 15.0. The molecular formula is C21H18F2N4O4. The zero-order valence-corrected chi connectivity index (χ0v) is 16.5. The maximum atomic E-state index is 15.2. The van der Waals surface area contributed by atoms with Crippen LogP contribution < -0.4 is 19.7 Å². The van der Waals surface area contributed by atoms with Crippen molar-refractivity contribution in [2.75, 3.05) is 23.4 Å². The Kier molecular flexibility index (Phi) is 4.68. The van der Waals surface area contributed by atoms with Crippen molar-refractivity contribution in [3.05, 3.63) is 59.2 Å². The van der Waals surface area contributed by atoms with Crippen LogP contribution in [0.2, 0.25) is 0 Å². The fourth-order valence-corrected chi connectivity index (χ4v) is 3.78.